The van der Waals surface area contributed by atoms with E-state index in [1.807, 2.05) is 12.1 Å². The Labute approximate surface area is 108 Å². The molecule has 1 fully saturated rings. The summed E-state index contributed by atoms with van der Waals surface area (Å²) in [5, 5.41) is 3.39. The Morgan fingerprint density at radius 3 is 2.94 bits per heavy atom. The molecule has 17 heavy (non-hydrogen) atoms. The van der Waals surface area contributed by atoms with Gasteiger partial charge in [-0.1, -0.05) is 0 Å². The number of rotatable bonds is 1. The third kappa shape index (κ3) is 2.22. The number of ether oxygens (including phenoxy) is 2. The lowest BCUT2D eigenvalue weighted by molar-refractivity contribution is 0.0663. The van der Waals surface area contributed by atoms with Gasteiger partial charge in [0.15, 0.2) is 0 Å². The van der Waals surface area contributed by atoms with Crippen molar-refractivity contribution in [3.8, 4) is 11.5 Å². The molecule has 1 aromatic carbocycles. The summed E-state index contributed by atoms with van der Waals surface area (Å²) in [5.41, 5.74) is 1.33. The summed E-state index contributed by atoms with van der Waals surface area (Å²) in [4.78, 5) is 0. The molecule has 2 heterocycles. The Hall–Kier alpha value is -0.930. The van der Waals surface area contributed by atoms with Crippen molar-refractivity contribution in [3.63, 3.8) is 0 Å². The number of hydrogen-bond donors (Lipinski definition) is 1. The molecule has 0 aromatic heterocycles. The van der Waals surface area contributed by atoms with Crippen LogP contribution in [0.5, 0.6) is 11.5 Å². The first-order chi connectivity index (χ1) is 7.81. The van der Waals surface area contributed by atoms with Crippen LogP contribution in [0.25, 0.3) is 0 Å². The van der Waals surface area contributed by atoms with E-state index in [9.17, 15) is 0 Å². The van der Waals surface area contributed by atoms with Gasteiger partial charge in [-0.2, -0.15) is 0 Å². The molecule has 4 heteroatoms. The number of nitrogens with one attached hydrogen (secondary N) is 1. The summed E-state index contributed by atoms with van der Waals surface area (Å²) in [6.45, 7) is 2.06. The molecule has 3 nitrogen and oxygen atoms in total. The van der Waals surface area contributed by atoms with Gasteiger partial charge in [-0.05, 0) is 43.1 Å². The normalized spacial score (nSPS) is 25.9. The van der Waals surface area contributed by atoms with Crippen molar-refractivity contribution < 1.29 is 9.47 Å². The smallest absolute Gasteiger partial charge is 0.123 e. The summed E-state index contributed by atoms with van der Waals surface area (Å²) in [5.74, 6) is 1.96. The minimum atomic E-state index is 0. The van der Waals surface area contributed by atoms with Gasteiger partial charge in [0, 0.05) is 13.0 Å². The molecule has 0 bridgehead atoms. The number of methoxy groups -OCH3 is 1. The summed E-state index contributed by atoms with van der Waals surface area (Å²) < 4.78 is 11.4. The quantitative estimate of drug-likeness (QED) is 0.834. The zero-order valence-corrected chi connectivity index (χ0v) is 10.8. The molecule has 2 aliphatic heterocycles. The van der Waals surface area contributed by atoms with Gasteiger partial charge in [-0.25, -0.2) is 0 Å². The van der Waals surface area contributed by atoms with Gasteiger partial charge in [-0.15, -0.1) is 12.4 Å². The number of aryl methyl sites for hydroxylation is 1. The maximum Gasteiger partial charge on any atom is 0.123 e. The van der Waals surface area contributed by atoms with Gasteiger partial charge in [-0.3, -0.25) is 0 Å². The minimum Gasteiger partial charge on any atom is -0.497 e. The lowest BCUT2D eigenvalue weighted by atomic mass is 9.90. The standard InChI is InChI=1S/C13H17NO2.ClH/c1-15-11-2-3-12-10(8-11)4-5-13(16-12)6-7-14-9-13;/h2-3,8,14H,4-7,9H2,1H3;1H. The second-order valence-corrected chi connectivity index (χ2v) is 4.69. The Morgan fingerprint density at radius 2 is 2.24 bits per heavy atom. The maximum absolute atomic E-state index is 6.16. The van der Waals surface area contributed by atoms with E-state index in [0.29, 0.717) is 0 Å². The topological polar surface area (TPSA) is 30.5 Å². The lowest BCUT2D eigenvalue weighted by Gasteiger charge is -2.35. The molecule has 94 valence electrons. The lowest BCUT2D eigenvalue weighted by Crippen LogP contribution is -2.41. The van der Waals surface area contributed by atoms with Gasteiger partial charge >= 0.3 is 0 Å². The monoisotopic (exact) mass is 255 g/mol. The van der Waals surface area contributed by atoms with Crippen molar-refractivity contribution in [1.29, 1.82) is 0 Å². The molecule has 1 spiro atoms. The van der Waals surface area contributed by atoms with Crippen LogP contribution in [0.4, 0.5) is 0 Å². The zero-order valence-electron chi connectivity index (χ0n) is 9.99. The van der Waals surface area contributed by atoms with Crippen LogP contribution in [0.15, 0.2) is 18.2 Å². The summed E-state index contributed by atoms with van der Waals surface area (Å²) in [6.07, 6.45) is 3.33. The molecule has 2 aliphatic rings. The van der Waals surface area contributed by atoms with Gasteiger partial charge in [0.25, 0.3) is 0 Å². The number of benzene rings is 1. The molecule has 0 radical (unpaired) electrons. The van der Waals surface area contributed by atoms with Crippen LogP contribution in [-0.2, 0) is 6.42 Å². The zero-order chi connectivity index (χ0) is 11.0. The molecule has 1 unspecified atom stereocenters. The van der Waals surface area contributed by atoms with E-state index in [1.54, 1.807) is 7.11 Å². The first-order valence-electron chi connectivity index (χ1n) is 5.88. The van der Waals surface area contributed by atoms with Crippen LogP contribution in [0, 0.1) is 0 Å². The van der Waals surface area contributed by atoms with Gasteiger partial charge < -0.3 is 14.8 Å². The van der Waals surface area contributed by atoms with Gasteiger partial charge in [0.2, 0.25) is 0 Å². The largest absolute Gasteiger partial charge is 0.497 e. The first kappa shape index (κ1) is 12.5. The summed E-state index contributed by atoms with van der Waals surface area (Å²) in [7, 11) is 1.70. The van der Waals surface area contributed by atoms with Gasteiger partial charge in [0.05, 0.1) is 7.11 Å². The molecule has 1 saturated heterocycles. The van der Waals surface area contributed by atoms with E-state index in [4.69, 9.17) is 9.47 Å². The Bertz CT molecular complexity index is 402. The highest BCUT2D eigenvalue weighted by Crippen LogP contribution is 2.37. The van der Waals surface area contributed by atoms with Crippen LogP contribution in [0.1, 0.15) is 18.4 Å². The van der Waals surface area contributed by atoms with Crippen LogP contribution < -0.4 is 14.8 Å². The fourth-order valence-corrected chi connectivity index (χ4v) is 2.65. The van der Waals surface area contributed by atoms with Crippen LogP contribution >= 0.6 is 12.4 Å². The Morgan fingerprint density at radius 1 is 1.35 bits per heavy atom. The van der Waals surface area contributed by atoms with Crippen molar-refractivity contribution in [2.75, 3.05) is 20.2 Å². The van der Waals surface area contributed by atoms with Crippen molar-refractivity contribution in [2.24, 2.45) is 0 Å². The average Bonchev–Trinajstić information content (AvgIpc) is 2.77. The summed E-state index contributed by atoms with van der Waals surface area (Å²) >= 11 is 0. The Kier molecular flexibility index (Phi) is 3.50. The highest BCUT2D eigenvalue weighted by molar-refractivity contribution is 5.85. The molecule has 0 aliphatic carbocycles. The van der Waals surface area contributed by atoms with E-state index < -0.39 is 0 Å². The van der Waals surface area contributed by atoms with E-state index in [0.717, 1.165) is 43.9 Å². The number of hydrogen-bond acceptors (Lipinski definition) is 3. The fourth-order valence-electron chi connectivity index (χ4n) is 2.65. The number of halogens is 1. The van der Waals surface area contributed by atoms with Crippen LogP contribution in [0.2, 0.25) is 0 Å². The van der Waals surface area contributed by atoms with Crippen molar-refractivity contribution in [3.05, 3.63) is 23.8 Å². The second kappa shape index (κ2) is 4.75. The average molecular weight is 256 g/mol. The van der Waals surface area contributed by atoms with E-state index in [2.05, 4.69) is 11.4 Å². The molecular weight excluding hydrogens is 238 g/mol. The molecular formula is C13H18ClNO2. The van der Waals surface area contributed by atoms with Crippen molar-refractivity contribution in [2.45, 2.75) is 24.9 Å². The fraction of sp³-hybridized carbons (Fsp3) is 0.538. The first-order valence-corrected chi connectivity index (χ1v) is 5.88. The van der Waals surface area contributed by atoms with Crippen molar-refractivity contribution >= 4 is 12.4 Å². The van der Waals surface area contributed by atoms with E-state index >= 15 is 0 Å². The molecule has 0 saturated carbocycles. The molecule has 1 N–H and O–H groups in total. The molecule has 0 amide bonds. The highest BCUT2D eigenvalue weighted by Gasteiger charge is 2.38. The highest BCUT2D eigenvalue weighted by atomic mass is 35.5. The maximum atomic E-state index is 6.16. The molecule has 1 atom stereocenters. The van der Waals surface area contributed by atoms with E-state index in [-0.39, 0.29) is 18.0 Å². The predicted octanol–water partition coefficient (Wildman–Crippen LogP) is 2.17. The molecule has 3 rings (SSSR count). The molecule has 1 aromatic rings. The van der Waals surface area contributed by atoms with Gasteiger partial charge in [0.1, 0.15) is 17.1 Å². The SMILES string of the molecule is COc1ccc2c(c1)CCC1(CCNC1)O2.Cl. The predicted molar refractivity (Wildman–Crippen MR) is 69.4 cm³/mol. The van der Waals surface area contributed by atoms with Crippen LogP contribution in [-0.4, -0.2) is 25.8 Å². The van der Waals surface area contributed by atoms with Crippen molar-refractivity contribution in [1.82, 2.24) is 5.32 Å². The third-order valence-electron chi connectivity index (χ3n) is 3.65. The summed E-state index contributed by atoms with van der Waals surface area (Å²) in [6, 6.07) is 6.10. The minimum absolute atomic E-state index is 0. The third-order valence-corrected chi connectivity index (χ3v) is 3.65. The number of fused-ring (bicyclic) bond motifs is 1. The van der Waals surface area contributed by atoms with E-state index in [1.165, 1.54) is 5.56 Å². The Balaban J connectivity index is 0.00000108. The van der Waals surface area contributed by atoms with Crippen LogP contribution in [0.3, 0.4) is 0 Å². The second-order valence-electron chi connectivity index (χ2n) is 4.69.